The van der Waals surface area contributed by atoms with Crippen molar-refractivity contribution in [1.29, 1.82) is 5.26 Å². The van der Waals surface area contributed by atoms with Crippen molar-refractivity contribution in [3.05, 3.63) is 53.9 Å². The molecule has 4 rings (SSSR count). The van der Waals surface area contributed by atoms with Gasteiger partial charge in [-0.25, -0.2) is 9.78 Å². The first-order valence-corrected chi connectivity index (χ1v) is 8.70. The molecular weight excluding hydrogens is 344 g/mol. The lowest BCUT2D eigenvalue weighted by atomic mass is 10.0. The van der Waals surface area contributed by atoms with Crippen LogP contribution in [0, 0.1) is 11.3 Å². The number of nitriles is 1. The summed E-state index contributed by atoms with van der Waals surface area (Å²) in [4.78, 5) is 32.0. The molecule has 2 aliphatic heterocycles. The van der Waals surface area contributed by atoms with E-state index in [1.807, 2.05) is 30.3 Å². The quantitative estimate of drug-likeness (QED) is 0.818. The molecule has 0 unspecified atom stereocenters. The normalized spacial score (nSPS) is 21.4. The van der Waals surface area contributed by atoms with Gasteiger partial charge in [0.2, 0.25) is 0 Å². The van der Waals surface area contributed by atoms with Gasteiger partial charge in [-0.3, -0.25) is 4.79 Å². The lowest BCUT2D eigenvalue weighted by Crippen LogP contribution is -2.39. The molecule has 3 heterocycles. The molecule has 2 aliphatic rings. The van der Waals surface area contributed by atoms with E-state index in [9.17, 15) is 9.59 Å². The van der Waals surface area contributed by atoms with Crippen LogP contribution in [0.5, 0.6) is 0 Å². The van der Waals surface area contributed by atoms with Crippen LogP contribution < -0.4 is 0 Å². The van der Waals surface area contributed by atoms with Crippen LogP contribution in [0.2, 0.25) is 0 Å². The molecule has 136 valence electrons. The first-order chi connectivity index (χ1) is 13.0. The summed E-state index contributed by atoms with van der Waals surface area (Å²) in [6.45, 7) is 1.47. The van der Waals surface area contributed by atoms with Gasteiger partial charge in [0.05, 0.1) is 13.1 Å². The summed E-state index contributed by atoms with van der Waals surface area (Å²) in [7, 11) is 1.71. The molecule has 0 saturated carbocycles. The summed E-state index contributed by atoms with van der Waals surface area (Å²) in [5.41, 5.74) is 2.04. The molecule has 0 bridgehead atoms. The average molecular weight is 362 g/mol. The third kappa shape index (κ3) is 3.10. The van der Waals surface area contributed by atoms with Crippen LogP contribution in [0.25, 0.3) is 11.1 Å². The van der Waals surface area contributed by atoms with E-state index in [0.717, 1.165) is 11.1 Å². The number of pyridine rings is 1. The Hall–Kier alpha value is -3.40. The van der Waals surface area contributed by atoms with Gasteiger partial charge in [-0.1, -0.05) is 12.1 Å². The van der Waals surface area contributed by atoms with Crippen molar-refractivity contribution < 1.29 is 14.3 Å². The molecule has 0 N–H and O–H groups in total. The van der Waals surface area contributed by atoms with Crippen LogP contribution in [-0.4, -0.2) is 59.1 Å². The topological polar surface area (TPSA) is 86.5 Å². The Morgan fingerprint density at radius 3 is 2.78 bits per heavy atom. The number of ether oxygens (including phenoxy) is 1. The minimum Gasteiger partial charge on any atom is -0.439 e. The zero-order valence-corrected chi connectivity index (χ0v) is 14.9. The number of likely N-dealkylation sites (N-methyl/N-ethyl adjacent to an activating group) is 1. The van der Waals surface area contributed by atoms with Gasteiger partial charge >= 0.3 is 6.09 Å². The number of benzene rings is 1. The summed E-state index contributed by atoms with van der Waals surface area (Å²) >= 11 is 0. The first-order valence-electron chi connectivity index (χ1n) is 8.70. The molecule has 1 aromatic heterocycles. The van der Waals surface area contributed by atoms with Gasteiger partial charge in [0.15, 0.2) is 5.60 Å². The number of rotatable bonds is 2. The van der Waals surface area contributed by atoms with Gasteiger partial charge in [-0.2, -0.15) is 5.26 Å². The number of hydrogen-bond acceptors (Lipinski definition) is 5. The molecular formula is C20H18N4O3. The molecule has 2 saturated heterocycles. The predicted molar refractivity (Wildman–Crippen MR) is 96.8 cm³/mol. The summed E-state index contributed by atoms with van der Waals surface area (Å²) in [6, 6.07) is 12.8. The van der Waals surface area contributed by atoms with Crippen LogP contribution in [0.15, 0.2) is 42.6 Å². The molecule has 1 aromatic carbocycles. The zero-order valence-electron chi connectivity index (χ0n) is 14.9. The van der Waals surface area contributed by atoms with Crippen molar-refractivity contribution in [3.8, 4) is 17.2 Å². The number of carbonyl (C=O) groups excluding carboxylic acids is 2. The molecule has 7 nitrogen and oxygen atoms in total. The van der Waals surface area contributed by atoms with E-state index < -0.39 is 5.60 Å². The Bertz CT molecular complexity index is 950. The molecule has 27 heavy (non-hydrogen) atoms. The predicted octanol–water partition coefficient (Wildman–Crippen LogP) is 2.29. The second kappa shape index (κ2) is 6.40. The highest BCUT2D eigenvalue weighted by Gasteiger charge is 2.49. The average Bonchev–Trinajstić information content (AvgIpc) is 3.23. The standard InChI is InChI=1S/C20H18N4O3/c1-23-12-20(27-19(23)26)7-8-24(13-20)18(25)15-4-2-3-14(9-15)16-5-6-17(10-21)22-11-16/h2-6,9,11H,7-8,12-13H2,1H3/t20-/m1/s1. The van der Waals surface area contributed by atoms with Crippen LogP contribution in [0.3, 0.4) is 0 Å². The second-order valence-corrected chi connectivity index (χ2v) is 7.01. The lowest BCUT2D eigenvalue weighted by molar-refractivity contribution is 0.0553. The molecule has 0 aliphatic carbocycles. The fraction of sp³-hybridized carbons (Fsp3) is 0.300. The monoisotopic (exact) mass is 362 g/mol. The largest absolute Gasteiger partial charge is 0.439 e. The second-order valence-electron chi connectivity index (χ2n) is 7.01. The molecule has 1 spiro atoms. The van der Waals surface area contributed by atoms with Crippen LogP contribution >= 0.6 is 0 Å². The van der Waals surface area contributed by atoms with Gasteiger partial charge in [-0.15, -0.1) is 0 Å². The van der Waals surface area contributed by atoms with Crippen molar-refractivity contribution in [2.75, 3.05) is 26.7 Å². The maximum atomic E-state index is 12.9. The van der Waals surface area contributed by atoms with Crippen molar-refractivity contribution in [1.82, 2.24) is 14.8 Å². The minimum atomic E-state index is -0.587. The highest BCUT2D eigenvalue weighted by molar-refractivity contribution is 5.95. The van der Waals surface area contributed by atoms with Crippen LogP contribution in [0.4, 0.5) is 4.79 Å². The van der Waals surface area contributed by atoms with Gasteiger partial charge < -0.3 is 14.5 Å². The minimum absolute atomic E-state index is 0.0825. The molecule has 0 radical (unpaired) electrons. The van der Waals surface area contributed by atoms with Crippen molar-refractivity contribution in [2.45, 2.75) is 12.0 Å². The van der Waals surface area contributed by atoms with Crippen LogP contribution in [0.1, 0.15) is 22.5 Å². The SMILES string of the molecule is CN1C[C@@]2(CCN(C(=O)c3cccc(-c4ccc(C#N)nc4)c3)C2)OC1=O. The molecule has 2 aromatic rings. The first kappa shape index (κ1) is 17.0. The van der Waals surface area contributed by atoms with Gasteiger partial charge in [0.1, 0.15) is 11.8 Å². The van der Waals surface area contributed by atoms with Crippen molar-refractivity contribution >= 4 is 12.0 Å². The van der Waals surface area contributed by atoms with Gasteiger partial charge in [-0.05, 0) is 29.8 Å². The molecule has 2 fully saturated rings. The molecule has 1 atom stereocenters. The number of nitrogens with zero attached hydrogens (tertiary/aromatic N) is 4. The highest BCUT2D eigenvalue weighted by atomic mass is 16.6. The number of amides is 2. The van der Waals surface area contributed by atoms with E-state index in [1.165, 1.54) is 0 Å². The summed E-state index contributed by atoms with van der Waals surface area (Å²) < 4.78 is 5.51. The van der Waals surface area contributed by atoms with Gasteiger partial charge in [0, 0.05) is 37.3 Å². The Balaban J connectivity index is 1.53. The summed E-state index contributed by atoms with van der Waals surface area (Å²) in [6.07, 6.45) is 1.94. The molecule has 7 heteroatoms. The number of hydrogen-bond donors (Lipinski definition) is 0. The Morgan fingerprint density at radius 2 is 2.11 bits per heavy atom. The van der Waals surface area contributed by atoms with E-state index in [-0.39, 0.29) is 12.0 Å². The Kier molecular flexibility index (Phi) is 4.04. The number of aromatic nitrogens is 1. The van der Waals surface area contributed by atoms with Gasteiger partial charge in [0.25, 0.3) is 5.91 Å². The van der Waals surface area contributed by atoms with Crippen LogP contribution in [-0.2, 0) is 4.74 Å². The fourth-order valence-corrected chi connectivity index (χ4v) is 3.67. The molecule has 2 amide bonds. The highest BCUT2D eigenvalue weighted by Crippen LogP contribution is 2.32. The van der Waals surface area contributed by atoms with E-state index in [2.05, 4.69) is 4.98 Å². The van der Waals surface area contributed by atoms with Crippen molar-refractivity contribution in [3.63, 3.8) is 0 Å². The number of carbonyl (C=O) groups is 2. The third-order valence-corrected chi connectivity index (χ3v) is 5.07. The van der Waals surface area contributed by atoms with E-state index in [1.54, 1.807) is 35.2 Å². The van der Waals surface area contributed by atoms with E-state index in [4.69, 9.17) is 10.00 Å². The van der Waals surface area contributed by atoms with E-state index >= 15 is 0 Å². The Morgan fingerprint density at radius 1 is 1.26 bits per heavy atom. The van der Waals surface area contributed by atoms with E-state index in [0.29, 0.717) is 37.3 Å². The lowest BCUT2D eigenvalue weighted by Gasteiger charge is -2.22. The number of likely N-dealkylation sites (tertiary alicyclic amines) is 1. The third-order valence-electron chi connectivity index (χ3n) is 5.07. The Labute approximate surface area is 156 Å². The fourth-order valence-electron chi connectivity index (χ4n) is 3.67. The summed E-state index contributed by atoms with van der Waals surface area (Å²) in [5, 5.41) is 8.86. The maximum absolute atomic E-state index is 12.9. The zero-order chi connectivity index (χ0) is 19.0. The smallest absolute Gasteiger partial charge is 0.410 e. The summed E-state index contributed by atoms with van der Waals surface area (Å²) in [5.74, 6) is -0.0825. The van der Waals surface area contributed by atoms with Crippen molar-refractivity contribution in [2.24, 2.45) is 0 Å². The maximum Gasteiger partial charge on any atom is 0.410 e.